The molecule has 28 heavy (non-hydrogen) atoms. The Morgan fingerprint density at radius 1 is 1.11 bits per heavy atom. The van der Waals surface area contributed by atoms with Crippen LogP contribution in [0.4, 0.5) is 0 Å². The summed E-state index contributed by atoms with van der Waals surface area (Å²) in [6.45, 7) is 3.94. The van der Waals surface area contributed by atoms with E-state index in [-0.39, 0.29) is 24.1 Å². The highest BCUT2D eigenvalue weighted by atomic mass is 79.9. The van der Waals surface area contributed by atoms with Crippen molar-refractivity contribution in [3.63, 3.8) is 0 Å². The molecule has 3 rings (SSSR count). The molecule has 1 amide bonds. The van der Waals surface area contributed by atoms with Crippen LogP contribution in [0.2, 0.25) is 0 Å². The maximum Gasteiger partial charge on any atom is 0.332 e. The summed E-state index contributed by atoms with van der Waals surface area (Å²) in [6, 6.07) is 14.3. The average molecular weight is 444 g/mol. The van der Waals surface area contributed by atoms with Crippen LogP contribution in [-0.2, 0) is 17.9 Å². The Balaban J connectivity index is 1.96. The quantitative estimate of drug-likeness (QED) is 0.635. The fourth-order valence-corrected chi connectivity index (χ4v) is 3.52. The van der Waals surface area contributed by atoms with Crippen LogP contribution in [0, 0.1) is 0 Å². The van der Waals surface area contributed by atoms with Gasteiger partial charge in [0.15, 0.2) is 0 Å². The fourth-order valence-electron chi connectivity index (χ4n) is 3.10. The van der Waals surface area contributed by atoms with Gasteiger partial charge >= 0.3 is 5.69 Å². The predicted molar refractivity (Wildman–Crippen MR) is 113 cm³/mol. The van der Waals surface area contributed by atoms with E-state index in [1.54, 1.807) is 24.3 Å². The molecule has 0 aliphatic rings. The van der Waals surface area contributed by atoms with Crippen molar-refractivity contribution in [1.82, 2.24) is 14.5 Å². The third kappa shape index (κ3) is 3.94. The lowest BCUT2D eigenvalue weighted by Crippen LogP contribution is -2.43. The van der Waals surface area contributed by atoms with E-state index in [2.05, 4.69) is 21.2 Å². The van der Waals surface area contributed by atoms with Crippen LogP contribution >= 0.6 is 15.9 Å². The van der Waals surface area contributed by atoms with Gasteiger partial charge in [-0.15, -0.1) is 0 Å². The summed E-state index contributed by atoms with van der Waals surface area (Å²) in [5.74, 6) is -0.294. The molecule has 0 saturated heterocycles. The van der Waals surface area contributed by atoms with E-state index >= 15 is 0 Å². The second kappa shape index (κ2) is 8.56. The van der Waals surface area contributed by atoms with Gasteiger partial charge in [0.25, 0.3) is 5.56 Å². The van der Waals surface area contributed by atoms with Crippen molar-refractivity contribution in [2.45, 2.75) is 39.4 Å². The highest BCUT2D eigenvalue weighted by Gasteiger charge is 2.17. The Labute approximate surface area is 170 Å². The molecular weight excluding hydrogens is 422 g/mol. The number of nitrogens with zero attached hydrogens (tertiary/aromatic N) is 2. The first kappa shape index (κ1) is 20.1. The second-order valence-electron chi connectivity index (χ2n) is 6.69. The topological polar surface area (TPSA) is 73.1 Å². The van der Waals surface area contributed by atoms with E-state index in [1.165, 1.54) is 9.13 Å². The number of aromatic nitrogens is 2. The van der Waals surface area contributed by atoms with E-state index in [1.807, 2.05) is 38.1 Å². The highest BCUT2D eigenvalue weighted by Crippen LogP contribution is 2.15. The minimum absolute atomic E-state index is 0.152. The minimum atomic E-state index is -0.464. The van der Waals surface area contributed by atoms with Crippen molar-refractivity contribution < 1.29 is 4.79 Å². The zero-order chi connectivity index (χ0) is 20.3. The number of hydrogen-bond donors (Lipinski definition) is 1. The molecule has 1 heterocycles. The van der Waals surface area contributed by atoms with Gasteiger partial charge in [-0.25, -0.2) is 4.79 Å². The van der Waals surface area contributed by atoms with E-state index in [0.717, 1.165) is 10.0 Å². The SMILES string of the molecule is CC[C@H](C)n1c(=O)c2ccccc2n(CC(=O)NCc2ccccc2Br)c1=O. The van der Waals surface area contributed by atoms with Gasteiger partial charge in [0.2, 0.25) is 5.91 Å². The number of halogens is 1. The van der Waals surface area contributed by atoms with E-state index < -0.39 is 5.69 Å². The third-order valence-electron chi connectivity index (χ3n) is 4.85. The molecule has 1 N–H and O–H groups in total. The molecule has 2 aromatic carbocycles. The maximum atomic E-state index is 13.0. The molecule has 1 aromatic heterocycles. The van der Waals surface area contributed by atoms with E-state index in [9.17, 15) is 14.4 Å². The first-order chi connectivity index (χ1) is 13.4. The van der Waals surface area contributed by atoms with Crippen LogP contribution in [0.5, 0.6) is 0 Å². The Kier molecular flexibility index (Phi) is 6.14. The molecule has 0 fully saturated rings. The normalized spacial score (nSPS) is 12.1. The van der Waals surface area contributed by atoms with Crippen molar-refractivity contribution in [2.24, 2.45) is 0 Å². The van der Waals surface area contributed by atoms with Crippen molar-refractivity contribution in [3.05, 3.63) is 79.4 Å². The summed E-state index contributed by atoms with van der Waals surface area (Å²) in [4.78, 5) is 38.3. The van der Waals surface area contributed by atoms with Gasteiger partial charge in [-0.3, -0.25) is 18.7 Å². The first-order valence-corrected chi connectivity index (χ1v) is 9.97. The monoisotopic (exact) mass is 443 g/mol. The number of nitrogens with one attached hydrogen (secondary N) is 1. The van der Waals surface area contributed by atoms with Crippen molar-refractivity contribution >= 4 is 32.7 Å². The van der Waals surface area contributed by atoms with Crippen molar-refractivity contribution in [1.29, 1.82) is 0 Å². The number of carbonyl (C=O) groups is 1. The van der Waals surface area contributed by atoms with Gasteiger partial charge in [0, 0.05) is 17.1 Å². The molecule has 146 valence electrons. The molecule has 7 heteroatoms. The lowest BCUT2D eigenvalue weighted by atomic mass is 10.2. The van der Waals surface area contributed by atoms with Crippen LogP contribution in [-0.4, -0.2) is 15.0 Å². The molecule has 6 nitrogen and oxygen atoms in total. The van der Waals surface area contributed by atoms with Crippen molar-refractivity contribution in [3.8, 4) is 0 Å². The molecule has 3 aromatic rings. The molecule has 1 atom stereocenters. The molecule has 0 spiro atoms. The number of hydrogen-bond acceptors (Lipinski definition) is 3. The molecule has 0 unspecified atom stereocenters. The summed E-state index contributed by atoms with van der Waals surface area (Å²) < 4.78 is 3.52. The molecule has 0 radical (unpaired) electrons. The molecule has 0 bridgehead atoms. The van der Waals surface area contributed by atoms with Gasteiger partial charge in [-0.05, 0) is 37.1 Å². The number of carbonyl (C=O) groups excluding carboxylic acids is 1. The smallest absolute Gasteiger partial charge is 0.332 e. The van der Waals surface area contributed by atoms with Gasteiger partial charge < -0.3 is 5.32 Å². The summed E-state index contributed by atoms with van der Waals surface area (Å²) >= 11 is 3.45. The zero-order valence-electron chi connectivity index (χ0n) is 15.8. The van der Waals surface area contributed by atoms with Crippen LogP contribution in [0.1, 0.15) is 31.9 Å². The van der Waals surface area contributed by atoms with E-state index in [4.69, 9.17) is 0 Å². The molecule has 0 aliphatic carbocycles. The maximum absolute atomic E-state index is 13.0. The molecule has 0 aliphatic heterocycles. The highest BCUT2D eigenvalue weighted by molar-refractivity contribution is 9.10. The minimum Gasteiger partial charge on any atom is -0.350 e. The number of rotatable bonds is 6. The Bertz CT molecular complexity index is 1130. The summed E-state index contributed by atoms with van der Waals surface area (Å²) in [7, 11) is 0. The number of amides is 1. The summed E-state index contributed by atoms with van der Waals surface area (Å²) in [5.41, 5.74) is 0.625. The number of fused-ring (bicyclic) bond motifs is 1. The van der Waals surface area contributed by atoms with Gasteiger partial charge in [-0.2, -0.15) is 0 Å². The number of benzene rings is 2. The molecule has 0 saturated carbocycles. The largest absolute Gasteiger partial charge is 0.350 e. The average Bonchev–Trinajstić information content (AvgIpc) is 2.70. The van der Waals surface area contributed by atoms with Crippen LogP contribution in [0.15, 0.2) is 62.6 Å². The Morgan fingerprint density at radius 2 is 1.79 bits per heavy atom. The first-order valence-electron chi connectivity index (χ1n) is 9.18. The second-order valence-corrected chi connectivity index (χ2v) is 7.54. The summed E-state index contributed by atoms with van der Waals surface area (Å²) in [5, 5.41) is 3.27. The van der Waals surface area contributed by atoms with Crippen LogP contribution in [0.25, 0.3) is 10.9 Å². The number of para-hydroxylation sites is 1. The van der Waals surface area contributed by atoms with Crippen molar-refractivity contribution in [2.75, 3.05) is 0 Å². The molecular formula is C21H22BrN3O3. The van der Waals surface area contributed by atoms with Gasteiger partial charge in [0.1, 0.15) is 6.54 Å². The Morgan fingerprint density at radius 3 is 2.50 bits per heavy atom. The summed E-state index contributed by atoms with van der Waals surface area (Å²) in [6.07, 6.45) is 0.641. The third-order valence-corrected chi connectivity index (χ3v) is 5.62. The fraction of sp³-hybridized carbons (Fsp3) is 0.286. The van der Waals surface area contributed by atoms with Gasteiger partial charge in [0.05, 0.1) is 10.9 Å². The lowest BCUT2D eigenvalue weighted by Gasteiger charge is -2.17. The predicted octanol–water partition coefficient (Wildman–Crippen LogP) is 3.21. The van der Waals surface area contributed by atoms with Gasteiger partial charge in [-0.1, -0.05) is 53.2 Å². The Hall–Kier alpha value is -2.67. The lowest BCUT2D eigenvalue weighted by molar-refractivity contribution is -0.121. The standard InChI is InChI=1S/C21H22BrN3O3/c1-3-14(2)25-20(27)16-9-5-7-11-18(16)24(21(25)28)13-19(26)23-12-15-8-4-6-10-17(15)22/h4-11,14H,3,12-13H2,1-2H3,(H,23,26)/t14-/m0/s1. The zero-order valence-corrected chi connectivity index (χ0v) is 17.4. The van der Waals surface area contributed by atoms with Crippen LogP contribution in [0.3, 0.4) is 0 Å². The van der Waals surface area contributed by atoms with Crippen LogP contribution < -0.4 is 16.6 Å². The van der Waals surface area contributed by atoms with E-state index in [0.29, 0.717) is 23.9 Å².